The van der Waals surface area contributed by atoms with Crippen LogP contribution in [0.25, 0.3) is 16.3 Å². The van der Waals surface area contributed by atoms with Gasteiger partial charge in [0.2, 0.25) is 5.91 Å². The number of benzene rings is 1. The molecule has 0 radical (unpaired) electrons. The lowest BCUT2D eigenvalue weighted by atomic mass is 9.79. The van der Waals surface area contributed by atoms with Gasteiger partial charge in [0, 0.05) is 42.5 Å². The van der Waals surface area contributed by atoms with E-state index in [4.69, 9.17) is 4.74 Å². The number of hydrogen-bond donors (Lipinski definition) is 2. The summed E-state index contributed by atoms with van der Waals surface area (Å²) < 4.78 is 6.97. The van der Waals surface area contributed by atoms with Crippen molar-refractivity contribution in [2.45, 2.75) is 64.1 Å². The van der Waals surface area contributed by atoms with E-state index in [1.165, 1.54) is 24.2 Å². The van der Waals surface area contributed by atoms with Crippen LogP contribution < -0.4 is 10.6 Å². The third kappa shape index (κ3) is 7.16. The molecule has 194 valence electrons. The standard InChI is InChI=1S/C27H32N6O2S2/c1-2-28-24(17-35-21-5-3-4-6-21)29-10-9-18-7-8-22-23(13-18)37-27(32-22)33-26(34)19-14-20(15-19)31-16-25-30-11-12-36-25/h2,7-13,19-21,31H,3-6,14-17H2,1H3,(H,32,33,34)/b10-9+,28-2-,29-24-. The highest BCUT2D eigenvalue weighted by Crippen LogP contribution is 2.32. The first kappa shape index (κ1) is 25.8. The van der Waals surface area contributed by atoms with Crippen LogP contribution in [-0.2, 0) is 16.1 Å². The van der Waals surface area contributed by atoms with E-state index in [-0.39, 0.29) is 11.8 Å². The number of ether oxygens (including phenoxy) is 1. The van der Waals surface area contributed by atoms with Gasteiger partial charge in [0.15, 0.2) is 11.0 Å². The van der Waals surface area contributed by atoms with Crippen molar-refractivity contribution < 1.29 is 9.53 Å². The Morgan fingerprint density at radius 1 is 1.27 bits per heavy atom. The van der Waals surface area contributed by atoms with E-state index in [0.29, 0.717) is 29.7 Å². The van der Waals surface area contributed by atoms with Crippen molar-refractivity contribution in [3.63, 3.8) is 0 Å². The van der Waals surface area contributed by atoms with Crippen LogP contribution in [0.3, 0.4) is 0 Å². The Hall–Kier alpha value is -2.79. The molecule has 10 heteroatoms. The van der Waals surface area contributed by atoms with Crippen LogP contribution in [0.1, 0.15) is 56.0 Å². The maximum absolute atomic E-state index is 12.7. The molecule has 5 rings (SSSR count). The molecule has 3 aromatic rings. The monoisotopic (exact) mass is 536 g/mol. The molecule has 2 saturated carbocycles. The minimum absolute atomic E-state index is 0.0230. The number of thiazole rings is 2. The first-order chi connectivity index (χ1) is 18.2. The molecule has 1 aromatic carbocycles. The maximum Gasteiger partial charge on any atom is 0.229 e. The topological polar surface area (TPSA) is 101 Å². The van der Waals surface area contributed by atoms with Gasteiger partial charge in [-0.1, -0.05) is 30.2 Å². The molecule has 2 aliphatic carbocycles. The van der Waals surface area contributed by atoms with Crippen molar-refractivity contribution in [2.75, 3.05) is 11.9 Å². The summed E-state index contributed by atoms with van der Waals surface area (Å²) >= 11 is 3.14. The minimum Gasteiger partial charge on any atom is -0.370 e. The van der Waals surface area contributed by atoms with Gasteiger partial charge in [0.1, 0.15) is 11.6 Å². The van der Waals surface area contributed by atoms with E-state index >= 15 is 0 Å². The first-order valence-corrected chi connectivity index (χ1v) is 14.5. The van der Waals surface area contributed by atoms with E-state index in [9.17, 15) is 4.79 Å². The second kappa shape index (κ2) is 12.6. The summed E-state index contributed by atoms with van der Waals surface area (Å²) in [5, 5.41) is 10.2. The molecule has 1 amide bonds. The number of rotatable bonds is 10. The van der Waals surface area contributed by atoms with Gasteiger partial charge in [-0.2, -0.15) is 0 Å². The van der Waals surface area contributed by atoms with Gasteiger partial charge >= 0.3 is 0 Å². The molecule has 2 aliphatic rings. The highest BCUT2D eigenvalue weighted by Gasteiger charge is 2.34. The highest BCUT2D eigenvalue weighted by atomic mass is 32.1. The fourth-order valence-corrected chi connectivity index (χ4v) is 6.07. The van der Waals surface area contributed by atoms with Crippen LogP contribution in [0.2, 0.25) is 0 Å². The second-order valence-corrected chi connectivity index (χ2v) is 11.4. The van der Waals surface area contributed by atoms with Gasteiger partial charge in [-0.3, -0.25) is 4.79 Å². The summed E-state index contributed by atoms with van der Waals surface area (Å²) in [7, 11) is 0. The Morgan fingerprint density at radius 2 is 2.14 bits per heavy atom. The molecule has 0 atom stereocenters. The third-order valence-electron chi connectivity index (χ3n) is 6.70. The van der Waals surface area contributed by atoms with Gasteiger partial charge < -0.3 is 15.4 Å². The van der Waals surface area contributed by atoms with E-state index < -0.39 is 0 Å². The summed E-state index contributed by atoms with van der Waals surface area (Å²) in [4.78, 5) is 30.4. The number of aromatic nitrogens is 2. The number of nitrogens with one attached hydrogen (secondary N) is 2. The molecule has 2 heterocycles. The number of amidine groups is 1. The molecule has 2 fully saturated rings. The number of carbonyl (C=O) groups excluding carboxylic acids is 1. The summed E-state index contributed by atoms with van der Waals surface area (Å²) in [5.41, 5.74) is 1.89. The summed E-state index contributed by atoms with van der Waals surface area (Å²) in [6.07, 6.45) is 14.0. The molecule has 37 heavy (non-hydrogen) atoms. The van der Waals surface area contributed by atoms with Crippen molar-refractivity contribution in [3.8, 4) is 0 Å². The zero-order valence-electron chi connectivity index (χ0n) is 20.9. The fraction of sp³-hybridized carbons (Fsp3) is 0.444. The quantitative estimate of drug-likeness (QED) is 0.257. The summed E-state index contributed by atoms with van der Waals surface area (Å²) in [6.45, 7) is 3.07. The number of nitrogens with zero attached hydrogens (tertiary/aromatic N) is 4. The fourth-order valence-electron chi connectivity index (χ4n) is 4.59. The van der Waals surface area contributed by atoms with Gasteiger partial charge in [-0.05, 0) is 56.4 Å². The SMILES string of the molecule is C\C=N/C(COC1CCCC1)=N\C=C\c1ccc2nc(NC(=O)C3CC(NCc4nccs4)C3)sc2c1. The van der Waals surface area contributed by atoms with Gasteiger partial charge in [-0.25, -0.2) is 20.0 Å². The van der Waals surface area contributed by atoms with Gasteiger partial charge in [0.25, 0.3) is 0 Å². The molecular weight excluding hydrogens is 504 g/mol. The Balaban J connectivity index is 1.12. The average Bonchev–Trinajstić information content (AvgIpc) is 3.63. The van der Waals surface area contributed by atoms with E-state index in [1.807, 2.05) is 36.7 Å². The number of aliphatic imine (C=N–C) groups is 2. The van der Waals surface area contributed by atoms with Crippen molar-refractivity contribution in [3.05, 3.63) is 46.5 Å². The van der Waals surface area contributed by atoms with Crippen molar-refractivity contribution in [1.82, 2.24) is 15.3 Å². The van der Waals surface area contributed by atoms with Crippen LogP contribution in [0.5, 0.6) is 0 Å². The lowest BCUT2D eigenvalue weighted by Gasteiger charge is -2.34. The molecular formula is C27H32N6O2S2. The normalized spacial score (nSPS) is 20.8. The molecule has 0 bridgehead atoms. The summed E-state index contributed by atoms with van der Waals surface area (Å²) in [6, 6.07) is 6.40. The molecule has 0 saturated heterocycles. The molecule has 0 aliphatic heterocycles. The molecule has 2 N–H and O–H groups in total. The molecule has 8 nitrogen and oxygen atoms in total. The second-order valence-electron chi connectivity index (χ2n) is 9.37. The predicted octanol–water partition coefficient (Wildman–Crippen LogP) is 5.68. The van der Waals surface area contributed by atoms with Crippen LogP contribution in [0.15, 0.2) is 46.0 Å². The lowest BCUT2D eigenvalue weighted by Crippen LogP contribution is -2.45. The van der Waals surface area contributed by atoms with E-state index in [0.717, 1.165) is 53.0 Å². The van der Waals surface area contributed by atoms with E-state index in [2.05, 4.69) is 36.7 Å². The average molecular weight is 537 g/mol. The van der Waals surface area contributed by atoms with E-state index in [1.54, 1.807) is 23.8 Å². The number of amides is 1. The number of anilines is 1. The van der Waals surface area contributed by atoms with Crippen LogP contribution >= 0.6 is 22.7 Å². The van der Waals surface area contributed by atoms with Crippen molar-refractivity contribution in [2.24, 2.45) is 15.9 Å². The molecule has 0 unspecified atom stereocenters. The lowest BCUT2D eigenvalue weighted by molar-refractivity contribution is -0.122. The van der Waals surface area contributed by atoms with Crippen LogP contribution in [0, 0.1) is 5.92 Å². The zero-order chi connectivity index (χ0) is 25.5. The number of hydrogen-bond acceptors (Lipinski definition) is 8. The molecule has 0 spiro atoms. The Bertz CT molecular complexity index is 1270. The van der Waals surface area contributed by atoms with Crippen molar-refractivity contribution >= 4 is 62.1 Å². The van der Waals surface area contributed by atoms with Gasteiger partial charge in [0.05, 0.1) is 16.3 Å². The smallest absolute Gasteiger partial charge is 0.229 e. The maximum atomic E-state index is 12.7. The predicted molar refractivity (Wildman–Crippen MR) is 153 cm³/mol. The highest BCUT2D eigenvalue weighted by molar-refractivity contribution is 7.22. The Kier molecular flexibility index (Phi) is 8.83. The van der Waals surface area contributed by atoms with Crippen LogP contribution in [0.4, 0.5) is 5.13 Å². The Morgan fingerprint density at radius 3 is 2.92 bits per heavy atom. The van der Waals surface area contributed by atoms with Crippen LogP contribution in [-0.4, -0.2) is 46.7 Å². The third-order valence-corrected chi connectivity index (χ3v) is 8.41. The molecule has 2 aromatic heterocycles. The number of carbonyl (C=O) groups is 1. The summed E-state index contributed by atoms with van der Waals surface area (Å²) in [5.74, 6) is 0.741. The largest absolute Gasteiger partial charge is 0.370 e. The number of fused-ring (bicyclic) bond motifs is 1. The van der Waals surface area contributed by atoms with Gasteiger partial charge in [-0.15, -0.1) is 11.3 Å². The van der Waals surface area contributed by atoms with Crippen molar-refractivity contribution in [1.29, 1.82) is 0 Å². The first-order valence-electron chi connectivity index (χ1n) is 12.8. The minimum atomic E-state index is 0.0230. The Labute approximate surface area is 225 Å². The zero-order valence-corrected chi connectivity index (χ0v) is 22.6.